The fraction of sp³-hybridized carbons (Fsp3) is 0.304. The third-order valence-electron chi connectivity index (χ3n) is 5.52. The molecule has 1 aromatic heterocycles. The second-order valence-corrected chi connectivity index (χ2v) is 7.80. The van der Waals surface area contributed by atoms with E-state index in [9.17, 15) is 18.0 Å². The van der Waals surface area contributed by atoms with Crippen LogP contribution in [-0.4, -0.2) is 35.3 Å². The fourth-order valence-corrected chi connectivity index (χ4v) is 3.87. The number of alkyl halides is 3. The van der Waals surface area contributed by atoms with Gasteiger partial charge >= 0.3 is 6.18 Å². The van der Waals surface area contributed by atoms with Gasteiger partial charge in [0.2, 0.25) is 0 Å². The summed E-state index contributed by atoms with van der Waals surface area (Å²) < 4.78 is 42.2. The molecule has 8 heteroatoms. The maximum atomic E-state index is 13.8. The van der Waals surface area contributed by atoms with Crippen LogP contribution in [0.15, 0.2) is 60.8 Å². The number of para-hydroxylation sites is 1. The first-order valence-electron chi connectivity index (χ1n) is 10.1. The van der Waals surface area contributed by atoms with Crippen LogP contribution in [0.5, 0.6) is 0 Å². The average Bonchev–Trinajstić information content (AvgIpc) is 3.41. The molecule has 5 nitrogen and oxygen atoms in total. The van der Waals surface area contributed by atoms with Gasteiger partial charge in [0.1, 0.15) is 0 Å². The molecule has 1 fully saturated rings. The molecule has 1 aliphatic rings. The van der Waals surface area contributed by atoms with E-state index in [0.717, 1.165) is 41.6 Å². The standard InChI is InChI=1S/C23H23F3N4O/c1-16-7-9-19(10-8-16)30-21(23(24,25)26)20(14-28-30)22(31)27-13-17-11-12-29(15-17)18-5-3-2-4-6-18/h2-10,14,17H,11-13,15H2,1H3,(H,27,31). The summed E-state index contributed by atoms with van der Waals surface area (Å²) in [4.78, 5) is 14.9. The highest BCUT2D eigenvalue weighted by Crippen LogP contribution is 2.34. The van der Waals surface area contributed by atoms with Gasteiger partial charge in [-0.1, -0.05) is 35.9 Å². The van der Waals surface area contributed by atoms with Crippen LogP contribution in [0.2, 0.25) is 0 Å². The van der Waals surface area contributed by atoms with Gasteiger partial charge in [-0.15, -0.1) is 0 Å². The van der Waals surface area contributed by atoms with Gasteiger partial charge in [0.05, 0.1) is 17.4 Å². The van der Waals surface area contributed by atoms with E-state index in [1.807, 2.05) is 37.3 Å². The third-order valence-corrected chi connectivity index (χ3v) is 5.52. The Morgan fingerprint density at radius 3 is 2.48 bits per heavy atom. The summed E-state index contributed by atoms with van der Waals surface area (Å²) in [6.45, 7) is 3.76. The molecule has 0 saturated carbocycles. The zero-order chi connectivity index (χ0) is 22.0. The lowest BCUT2D eigenvalue weighted by Gasteiger charge is -2.18. The Morgan fingerprint density at radius 1 is 1.10 bits per heavy atom. The maximum absolute atomic E-state index is 13.8. The van der Waals surface area contributed by atoms with Crippen molar-refractivity contribution in [3.05, 3.63) is 77.6 Å². The van der Waals surface area contributed by atoms with Crippen molar-refractivity contribution >= 4 is 11.6 Å². The number of amides is 1. The normalized spacial score (nSPS) is 16.5. The molecule has 1 unspecified atom stereocenters. The zero-order valence-electron chi connectivity index (χ0n) is 17.1. The van der Waals surface area contributed by atoms with Crippen LogP contribution in [-0.2, 0) is 6.18 Å². The smallest absolute Gasteiger partial charge is 0.371 e. The quantitative estimate of drug-likeness (QED) is 0.653. The molecule has 1 atom stereocenters. The highest BCUT2D eigenvalue weighted by Gasteiger charge is 2.40. The number of carbonyl (C=O) groups excluding carboxylic acids is 1. The number of benzene rings is 2. The summed E-state index contributed by atoms with van der Waals surface area (Å²) in [7, 11) is 0. The minimum Gasteiger partial charge on any atom is -0.371 e. The predicted octanol–water partition coefficient (Wildman–Crippen LogP) is 4.46. The molecule has 1 saturated heterocycles. The van der Waals surface area contributed by atoms with Crippen LogP contribution in [0.25, 0.3) is 5.69 Å². The molecule has 31 heavy (non-hydrogen) atoms. The summed E-state index contributed by atoms with van der Waals surface area (Å²) in [6.07, 6.45) is -2.86. The summed E-state index contributed by atoms with van der Waals surface area (Å²) in [5, 5.41) is 6.54. The zero-order valence-corrected chi connectivity index (χ0v) is 17.1. The first-order chi connectivity index (χ1) is 14.8. The minimum absolute atomic E-state index is 0.172. The van der Waals surface area contributed by atoms with E-state index < -0.39 is 23.3 Å². The number of nitrogens with one attached hydrogen (secondary N) is 1. The van der Waals surface area contributed by atoms with Gasteiger partial charge in [-0.3, -0.25) is 4.79 Å². The van der Waals surface area contributed by atoms with E-state index >= 15 is 0 Å². The maximum Gasteiger partial charge on any atom is 0.434 e. The molecule has 0 spiro atoms. The van der Waals surface area contributed by atoms with Crippen LogP contribution in [0.4, 0.5) is 18.9 Å². The van der Waals surface area contributed by atoms with Crippen LogP contribution in [0.3, 0.4) is 0 Å². The van der Waals surface area contributed by atoms with Crippen LogP contribution in [0.1, 0.15) is 28.0 Å². The highest BCUT2D eigenvalue weighted by atomic mass is 19.4. The van der Waals surface area contributed by atoms with Gasteiger partial charge in [0.25, 0.3) is 5.91 Å². The van der Waals surface area contributed by atoms with Gasteiger partial charge in [-0.2, -0.15) is 18.3 Å². The van der Waals surface area contributed by atoms with Crippen molar-refractivity contribution < 1.29 is 18.0 Å². The van der Waals surface area contributed by atoms with Gasteiger partial charge in [0.15, 0.2) is 5.69 Å². The molecule has 0 bridgehead atoms. The van der Waals surface area contributed by atoms with Crippen molar-refractivity contribution in [1.82, 2.24) is 15.1 Å². The summed E-state index contributed by atoms with van der Waals surface area (Å²) >= 11 is 0. The topological polar surface area (TPSA) is 50.2 Å². The largest absolute Gasteiger partial charge is 0.434 e. The number of hydrogen-bond donors (Lipinski definition) is 1. The molecule has 1 aliphatic heterocycles. The Hall–Kier alpha value is -3.29. The first kappa shape index (κ1) is 21.0. The van der Waals surface area contributed by atoms with Crippen molar-refractivity contribution in [2.24, 2.45) is 5.92 Å². The fourth-order valence-electron chi connectivity index (χ4n) is 3.87. The lowest BCUT2D eigenvalue weighted by Crippen LogP contribution is -2.32. The summed E-state index contributed by atoms with van der Waals surface area (Å²) in [5.74, 6) is -0.588. The van der Waals surface area contributed by atoms with E-state index in [0.29, 0.717) is 6.54 Å². The molecular weight excluding hydrogens is 405 g/mol. The number of aromatic nitrogens is 2. The lowest BCUT2D eigenvalue weighted by molar-refractivity contribution is -0.143. The Balaban J connectivity index is 1.47. The molecule has 1 amide bonds. The molecule has 162 valence electrons. The highest BCUT2D eigenvalue weighted by molar-refractivity contribution is 5.95. The monoisotopic (exact) mass is 428 g/mol. The van der Waals surface area contributed by atoms with Crippen molar-refractivity contribution in [3.63, 3.8) is 0 Å². The van der Waals surface area contributed by atoms with E-state index in [1.54, 1.807) is 24.3 Å². The van der Waals surface area contributed by atoms with Crippen molar-refractivity contribution in [2.75, 3.05) is 24.5 Å². The molecule has 1 N–H and O–H groups in total. The van der Waals surface area contributed by atoms with Crippen LogP contribution < -0.4 is 10.2 Å². The minimum atomic E-state index is -4.72. The van der Waals surface area contributed by atoms with E-state index in [2.05, 4.69) is 15.3 Å². The summed E-state index contributed by atoms with van der Waals surface area (Å²) in [6, 6.07) is 16.4. The van der Waals surface area contributed by atoms with Gasteiger partial charge in [-0.25, -0.2) is 4.68 Å². The molecule has 2 aromatic carbocycles. The Bertz CT molecular complexity index is 1040. The molecule has 2 heterocycles. The Morgan fingerprint density at radius 2 is 1.81 bits per heavy atom. The van der Waals surface area contributed by atoms with E-state index in [-0.39, 0.29) is 11.6 Å². The van der Waals surface area contributed by atoms with E-state index in [4.69, 9.17) is 0 Å². The third kappa shape index (κ3) is 4.57. The number of hydrogen-bond acceptors (Lipinski definition) is 3. The predicted molar refractivity (Wildman–Crippen MR) is 112 cm³/mol. The van der Waals surface area contributed by atoms with Crippen LogP contribution in [0, 0.1) is 12.8 Å². The first-order valence-corrected chi connectivity index (χ1v) is 10.1. The number of rotatable bonds is 5. The molecule has 4 rings (SSSR count). The lowest BCUT2D eigenvalue weighted by atomic mass is 10.1. The van der Waals surface area contributed by atoms with Crippen molar-refractivity contribution in [3.8, 4) is 5.69 Å². The molecule has 0 radical (unpaired) electrons. The van der Waals surface area contributed by atoms with Crippen LogP contribution >= 0.6 is 0 Å². The molecular formula is C23H23F3N4O. The van der Waals surface area contributed by atoms with Crippen molar-refractivity contribution in [2.45, 2.75) is 19.5 Å². The second kappa shape index (κ2) is 8.45. The number of anilines is 1. The molecule has 0 aliphatic carbocycles. The van der Waals surface area contributed by atoms with E-state index in [1.165, 1.54) is 0 Å². The Kier molecular flexibility index (Phi) is 5.71. The number of halogens is 3. The van der Waals surface area contributed by atoms with Gasteiger partial charge in [0, 0.05) is 25.3 Å². The number of carbonyl (C=O) groups is 1. The Labute approximate surface area is 178 Å². The van der Waals surface area contributed by atoms with Gasteiger partial charge in [-0.05, 0) is 43.5 Å². The number of nitrogens with zero attached hydrogens (tertiary/aromatic N) is 3. The number of aryl methyl sites for hydroxylation is 1. The van der Waals surface area contributed by atoms with Crippen molar-refractivity contribution in [1.29, 1.82) is 0 Å². The van der Waals surface area contributed by atoms with Gasteiger partial charge < -0.3 is 10.2 Å². The average molecular weight is 428 g/mol. The summed E-state index contributed by atoms with van der Waals surface area (Å²) in [5.41, 5.74) is 0.752. The molecule has 3 aromatic rings. The second-order valence-electron chi connectivity index (χ2n) is 7.80. The SMILES string of the molecule is Cc1ccc(-n2ncc(C(=O)NCC3CCN(c4ccccc4)C3)c2C(F)(F)F)cc1.